The van der Waals surface area contributed by atoms with Gasteiger partial charge in [-0.2, -0.15) is 11.8 Å². The zero-order chi connectivity index (χ0) is 4.41. The smallest absolute Gasteiger partial charge is 0.0172 e. The lowest BCUT2D eigenvalue weighted by molar-refractivity contribution is 1.31. The van der Waals surface area contributed by atoms with Crippen molar-refractivity contribution < 1.29 is 0 Å². The van der Waals surface area contributed by atoms with Gasteiger partial charge in [-0.25, -0.2) is 0 Å². The zero-order valence-corrected chi connectivity index (χ0v) is 4.29. The highest BCUT2D eigenvalue weighted by atomic mass is 32.2. The molecule has 34 valence electrons. The average molecular weight is 101 g/mol. The zero-order valence-electron chi connectivity index (χ0n) is 3.48. The normalized spacial score (nSPS) is 19.7. The van der Waals surface area contributed by atoms with Gasteiger partial charge in [0, 0.05) is 11.5 Å². The maximum atomic E-state index is 5.16. The Morgan fingerprint density at radius 3 is 2.33 bits per heavy atom. The molecule has 1 saturated heterocycles. The molecule has 0 radical (unpaired) electrons. The molecule has 1 fully saturated rings. The summed E-state index contributed by atoms with van der Waals surface area (Å²) in [5.74, 6) is 2.33. The van der Waals surface area contributed by atoms with Gasteiger partial charge in [-0.1, -0.05) is 0 Å². The number of nitrogens with two attached hydrogens (primary N) is 1. The van der Waals surface area contributed by atoms with Crippen LogP contribution in [0.4, 0.5) is 0 Å². The van der Waals surface area contributed by atoms with E-state index >= 15 is 0 Å². The molecule has 0 bridgehead atoms. The average Bonchev–Trinajstić information content (AvgIpc) is 1.31. The van der Waals surface area contributed by atoms with E-state index in [1.54, 1.807) is 6.20 Å². The Hall–Kier alpha value is -0.110. The fourth-order valence-corrected chi connectivity index (χ4v) is 0.948. The molecular formula is C4H7NS. The molecule has 0 saturated carbocycles. The van der Waals surface area contributed by atoms with Crippen molar-refractivity contribution in [3.8, 4) is 0 Å². The van der Waals surface area contributed by atoms with Crippen LogP contribution in [0, 0.1) is 0 Å². The number of hydrogen-bond donors (Lipinski definition) is 1. The van der Waals surface area contributed by atoms with E-state index in [0.29, 0.717) is 0 Å². The van der Waals surface area contributed by atoms with E-state index < -0.39 is 0 Å². The molecule has 1 aliphatic heterocycles. The van der Waals surface area contributed by atoms with Gasteiger partial charge < -0.3 is 5.73 Å². The van der Waals surface area contributed by atoms with Gasteiger partial charge >= 0.3 is 0 Å². The second-order valence-electron chi connectivity index (χ2n) is 1.32. The predicted molar refractivity (Wildman–Crippen MR) is 29.6 cm³/mol. The van der Waals surface area contributed by atoms with E-state index in [0.717, 1.165) is 11.5 Å². The third kappa shape index (κ3) is 0.522. The molecule has 2 N–H and O–H groups in total. The summed E-state index contributed by atoms with van der Waals surface area (Å²) >= 11 is 1.92. The van der Waals surface area contributed by atoms with Gasteiger partial charge in [0.05, 0.1) is 0 Å². The molecular weight excluding hydrogens is 94.1 g/mol. The third-order valence-corrected chi connectivity index (χ3v) is 1.96. The molecule has 1 aliphatic rings. The van der Waals surface area contributed by atoms with Crippen LogP contribution in [0.5, 0.6) is 0 Å². The minimum absolute atomic E-state index is 1.16. The highest BCUT2D eigenvalue weighted by molar-refractivity contribution is 8.01. The Kier molecular flexibility index (Phi) is 1.05. The number of thioether (sulfide) groups is 1. The topological polar surface area (TPSA) is 26.0 Å². The highest BCUT2D eigenvalue weighted by Crippen LogP contribution is 2.21. The quantitative estimate of drug-likeness (QED) is 0.483. The van der Waals surface area contributed by atoms with Crippen LogP contribution >= 0.6 is 11.8 Å². The molecule has 0 spiro atoms. The van der Waals surface area contributed by atoms with Crippen LogP contribution in [0.2, 0.25) is 0 Å². The van der Waals surface area contributed by atoms with Gasteiger partial charge in [0.1, 0.15) is 0 Å². The summed E-state index contributed by atoms with van der Waals surface area (Å²) in [6.45, 7) is 0. The molecule has 0 atom stereocenters. The van der Waals surface area contributed by atoms with Crippen LogP contribution in [0.1, 0.15) is 0 Å². The first kappa shape index (κ1) is 4.06. The summed E-state index contributed by atoms with van der Waals surface area (Å²) in [6, 6.07) is 0. The first-order valence-corrected chi connectivity index (χ1v) is 3.06. The minimum atomic E-state index is 1.16. The van der Waals surface area contributed by atoms with E-state index in [9.17, 15) is 0 Å². The van der Waals surface area contributed by atoms with Crippen LogP contribution in [0.15, 0.2) is 11.8 Å². The minimum Gasteiger partial charge on any atom is -0.405 e. The first-order valence-electron chi connectivity index (χ1n) is 1.91. The molecule has 0 aliphatic carbocycles. The lowest BCUT2D eigenvalue weighted by Gasteiger charge is -2.13. The Morgan fingerprint density at radius 2 is 2.33 bits per heavy atom. The monoisotopic (exact) mass is 101 g/mol. The first-order chi connectivity index (χ1) is 2.93. The Bertz CT molecular complexity index is 71.6. The van der Waals surface area contributed by atoms with Crippen molar-refractivity contribution in [1.82, 2.24) is 0 Å². The highest BCUT2D eigenvalue weighted by Gasteiger charge is 2.05. The van der Waals surface area contributed by atoms with Crippen molar-refractivity contribution in [3.63, 3.8) is 0 Å². The summed E-state index contributed by atoms with van der Waals surface area (Å²) in [5.41, 5.74) is 6.55. The summed E-state index contributed by atoms with van der Waals surface area (Å²) in [7, 11) is 0. The molecule has 0 amide bonds. The summed E-state index contributed by atoms with van der Waals surface area (Å²) in [6.07, 6.45) is 1.70. The van der Waals surface area contributed by atoms with Gasteiger partial charge in [0.2, 0.25) is 0 Å². The molecule has 1 nitrogen and oxygen atoms in total. The van der Waals surface area contributed by atoms with Crippen LogP contribution in [-0.4, -0.2) is 11.5 Å². The molecule has 1 heterocycles. The maximum absolute atomic E-state index is 5.16. The SMILES string of the molecule is NC=C1CSC1. The van der Waals surface area contributed by atoms with Crippen LogP contribution in [-0.2, 0) is 0 Å². The Morgan fingerprint density at radius 1 is 1.67 bits per heavy atom. The van der Waals surface area contributed by atoms with E-state index in [2.05, 4.69) is 0 Å². The van der Waals surface area contributed by atoms with Crippen molar-refractivity contribution in [2.24, 2.45) is 5.73 Å². The maximum Gasteiger partial charge on any atom is 0.0172 e. The second-order valence-corrected chi connectivity index (χ2v) is 2.30. The lowest BCUT2D eigenvalue weighted by atomic mass is 10.4. The molecule has 0 aromatic rings. The number of hydrogen-bond acceptors (Lipinski definition) is 2. The van der Waals surface area contributed by atoms with Crippen molar-refractivity contribution in [2.45, 2.75) is 0 Å². The second kappa shape index (κ2) is 1.56. The largest absolute Gasteiger partial charge is 0.405 e. The van der Waals surface area contributed by atoms with Gasteiger partial charge in [-0.15, -0.1) is 0 Å². The van der Waals surface area contributed by atoms with Crippen LogP contribution in [0.25, 0.3) is 0 Å². The van der Waals surface area contributed by atoms with E-state index in [1.165, 1.54) is 5.57 Å². The van der Waals surface area contributed by atoms with Gasteiger partial charge in [-0.3, -0.25) is 0 Å². The van der Waals surface area contributed by atoms with Crippen molar-refractivity contribution in [1.29, 1.82) is 0 Å². The van der Waals surface area contributed by atoms with Crippen LogP contribution < -0.4 is 5.73 Å². The van der Waals surface area contributed by atoms with E-state index in [-0.39, 0.29) is 0 Å². The Labute approximate surface area is 41.6 Å². The summed E-state index contributed by atoms with van der Waals surface area (Å²) < 4.78 is 0. The fraction of sp³-hybridized carbons (Fsp3) is 0.500. The standard InChI is InChI=1S/C4H7NS/c5-1-4-2-6-3-4/h1H,2-3,5H2. The summed E-state index contributed by atoms with van der Waals surface area (Å²) in [4.78, 5) is 0. The fourth-order valence-electron chi connectivity index (χ4n) is 0.316. The predicted octanol–water partition coefficient (Wildman–Crippen LogP) is 0.576. The van der Waals surface area contributed by atoms with Gasteiger partial charge in [0.15, 0.2) is 0 Å². The molecule has 1 rings (SSSR count). The van der Waals surface area contributed by atoms with E-state index in [1.807, 2.05) is 11.8 Å². The lowest BCUT2D eigenvalue weighted by Crippen LogP contribution is -2.05. The molecule has 0 aromatic carbocycles. The van der Waals surface area contributed by atoms with E-state index in [4.69, 9.17) is 5.73 Å². The van der Waals surface area contributed by atoms with Crippen molar-refractivity contribution in [2.75, 3.05) is 11.5 Å². The molecule has 6 heavy (non-hydrogen) atoms. The summed E-state index contributed by atoms with van der Waals surface area (Å²) in [5, 5.41) is 0. The van der Waals surface area contributed by atoms with Gasteiger partial charge in [-0.05, 0) is 11.8 Å². The van der Waals surface area contributed by atoms with Crippen molar-refractivity contribution in [3.05, 3.63) is 11.8 Å². The third-order valence-electron chi connectivity index (χ3n) is 0.811. The molecule has 2 heteroatoms. The van der Waals surface area contributed by atoms with Crippen molar-refractivity contribution >= 4 is 11.8 Å². The number of rotatable bonds is 0. The molecule has 0 unspecified atom stereocenters. The van der Waals surface area contributed by atoms with Gasteiger partial charge in [0.25, 0.3) is 0 Å². The van der Waals surface area contributed by atoms with Crippen LogP contribution in [0.3, 0.4) is 0 Å². The Balaban J connectivity index is 2.34. The molecule has 0 aromatic heterocycles.